The number of nitrogens with one attached hydrogen (secondary N) is 1. The second kappa shape index (κ2) is 9.41. The van der Waals surface area contributed by atoms with E-state index in [1.54, 1.807) is 47.5 Å². The minimum Gasteiger partial charge on any atom is -0.324 e. The molecule has 0 saturated heterocycles. The van der Waals surface area contributed by atoms with Gasteiger partial charge in [0.15, 0.2) is 0 Å². The fourth-order valence-corrected chi connectivity index (χ4v) is 3.63. The molecule has 3 heterocycles. The summed E-state index contributed by atoms with van der Waals surface area (Å²) in [6.07, 6.45) is 7.15. The van der Waals surface area contributed by atoms with Crippen LogP contribution < -0.4 is 10.9 Å². The van der Waals surface area contributed by atoms with E-state index in [1.807, 2.05) is 43.6 Å². The van der Waals surface area contributed by atoms with Crippen molar-refractivity contribution in [3.05, 3.63) is 107 Å². The second-order valence-corrected chi connectivity index (χ2v) is 7.93. The fourth-order valence-electron chi connectivity index (χ4n) is 3.63. The van der Waals surface area contributed by atoms with Crippen LogP contribution in [0.3, 0.4) is 0 Å². The van der Waals surface area contributed by atoms with Gasteiger partial charge in [-0.15, -0.1) is 0 Å². The van der Waals surface area contributed by atoms with Gasteiger partial charge in [-0.3, -0.25) is 9.48 Å². The zero-order valence-corrected chi connectivity index (χ0v) is 18.8. The first kappa shape index (κ1) is 21.7. The molecule has 9 nitrogen and oxygen atoms in total. The van der Waals surface area contributed by atoms with Crippen molar-refractivity contribution in [3.63, 3.8) is 0 Å². The van der Waals surface area contributed by atoms with Crippen LogP contribution in [0.2, 0.25) is 0 Å². The Hall–Kier alpha value is -5.10. The Labute approximate surface area is 201 Å². The van der Waals surface area contributed by atoms with Crippen molar-refractivity contribution in [1.29, 1.82) is 5.26 Å². The molecule has 3 aromatic heterocycles. The summed E-state index contributed by atoms with van der Waals surface area (Å²) in [5.74, 6) is 0.462. The lowest BCUT2D eigenvalue weighted by Gasteiger charge is -2.10. The zero-order chi connectivity index (χ0) is 24.2. The summed E-state index contributed by atoms with van der Waals surface area (Å²) < 4.78 is 3.14. The van der Waals surface area contributed by atoms with E-state index in [9.17, 15) is 4.79 Å². The first-order chi connectivity index (χ1) is 17.1. The number of nitrogens with zero attached hydrogens (tertiary/aromatic N) is 7. The minimum absolute atomic E-state index is 0.210. The van der Waals surface area contributed by atoms with Gasteiger partial charge < -0.3 is 5.32 Å². The molecule has 0 aliphatic heterocycles. The van der Waals surface area contributed by atoms with Gasteiger partial charge in [0.05, 0.1) is 30.1 Å². The van der Waals surface area contributed by atoms with Crippen molar-refractivity contribution in [2.75, 3.05) is 5.32 Å². The lowest BCUT2D eigenvalue weighted by atomic mass is 10.1. The maximum atomic E-state index is 12.5. The highest BCUT2D eigenvalue weighted by Crippen LogP contribution is 2.20. The first-order valence-electron chi connectivity index (χ1n) is 10.8. The predicted octanol–water partition coefficient (Wildman–Crippen LogP) is 3.76. The van der Waals surface area contributed by atoms with E-state index in [2.05, 4.69) is 31.6 Å². The summed E-state index contributed by atoms with van der Waals surface area (Å²) in [5, 5.41) is 21.0. The maximum absolute atomic E-state index is 12.5. The molecule has 35 heavy (non-hydrogen) atoms. The van der Waals surface area contributed by atoms with E-state index >= 15 is 0 Å². The third-order valence-corrected chi connectivity index (χ3v) is 5.36. The highest BCUT2D eigenvalue weighted by molar-refractivity contribution is 5.62. The third-order valence-electron chi connectivity index (χ3n) is 5.36. The highest BCUT2D eigenvalue weighted by atomic mass is 16.1. The van der Waals surface area contributed by atoms with Crippen molar-refractivity contribution < 1.29 is 0 Å². The Bertz CT molecular complexity index is 1600. The van der Waals surface area contributed by atoms with Crippen molar-refractivity contribution in [2.24, 2.45) is 7.05 Å². The maximum Gasteiger partial charge on any atom is 0.267 e. The van der Waals surface area contributed by atoms with Crippen LogP contribution in [0.15, 0.2) is 90.2 Å². The van der Waals surface area contributed by atoms with Gasteiger partial charge in [-0.2, -0.15) is 15.5 Å². The Morgan fingerprint density at radius 1 is 0.943 bits per heavy atom. The summed E-state index contributed by atoms with van der Waals surface area (Å²) in [6, 6.07) is 20.1. The standard InChI is InChI=1S/C26H20N8O/c1-33-17-22(15-30-33)21-13-28-26(29-14-21)31-23-7-3-5-19(11-23)16-34-25(35)9-8-24(32-34)20-6-2-4-18(10-20)12-27/h2-11,13-15,17H,16H2,1H3,(H,28,29,31). The van der Waals surface area contributed by atoms with Crippen molar-refractivity contribution in [1.82, 2.24) is 29.5 Å². The number of aromatic nitrogens is 6. The van der Waals surface area contributed by atoms with Gasteiger partial charge in [-0.25, -0.2) is 14.6 Å². The highest BCUT2D eigenvalue weighted by Gasteiger charge is 2.07. The average Bonchev–Trinajstić information content (AvgIpc) is 3.32. The molecule has 0 amide bonds. The van der Waals surface area contributed by atoms with Crippen LogP contribution in [0.25, 0.3) is 22.4 Å². The van der Waals surface area contributed by atoms with E-state index < -0.39 is 0 Å². The normalized spacial score (nSPS) is 10.6. The number of benzene rings is 2. The van der Waals surface area contributed by atoms with Gasteiger partial charge in [0.2, 0.25) is 5.95 Å². The van der Waals surface area contributed by atoms with Crippen LogP contribution in [-0.2, 0) is 13.6 Å². The number of hydrogen-bond donors (Lipinski definition) is 1. The lowest BCUT2D eigenvalue weighted by molar-refractivity contribution is 0.643. The monoisotopic (exact) mass is 460 g/mol. The molecule has 2 aromatic carbocycles. The van der Waals surface area contributed by atoms with Gasteiger partial charge >= 0.3 is 0 Å². The van der Waals surface area contributed by atoms with Gasteiger partial charge in [0.1, 0.15) is 0 Å². The molecular weight excluding hydrogens is 440 g/mol. The third kappa shape index (κ3) is 4.96. The molecule has 5 aromatic rings. The molecule has 0 radical (unpaired) electrons. The largest absolute Gasteiger partial charge is 0.324 e. The Morgan fingerprint density at radius 2 is 1.77 bits per heavy atom. The lowest BCUT2D eigenvalue weighted by Crippen LogP contribution is -2.22. The number of anilines is 2. The Balaban J connectivity index is 1.34. The molecular formula is C26H20N8O. The molecule has 0 spiro atoms. The average molecular weight is 461 g/mol. The second-order valence-electron chi connectivity index (χ2n) is 7.93. The van der Waals surface area contributed by atoms with Gasteiger partial charge in [-0.1, -0.05) is 24.3 Å². The van der Waals surface area contributed by atoms with Gasteiger partial charge in [0.25, 0.3) is 5.56 Å². The Kier molecular flexibility index (Phi) is 5.84. The molecule has 0 fully saturated rings. The number of nitriles is 1. The van der Waals surface area contributed by atoms with Crippen molar-refractivity contribution >= 4 is 11.6 Å². The van der Waals surface area contributed by atoms with E-state index in [-0.39, 0.29) is 5.56 Å². The zero-order valence-electron chi connectivity index (χ0n) is 18.8. The molecule has 0 atom stereocenters. The summed E-state index contributed by atoms with van der Waals surface area (Å²) in [6.45, 7) is 0.293. The molecule has 0 bridgehead atoms. The Morgan fingerprint density at radius 3 is 2.54 bits per heavy atom. The van der Waals surface area contributed by atoms with Crippen LogP contribution in [0.1, 0.15) is 11.1 Å². The van der Waals surface area contributed by atoms with Crippen LogP contribution in [0.5, 0.6) is 0 Å². The molecule has 0 aliphatic carbocycles. The molecule has 0 saturated carbocycles. The first-order valence-corrected chi connectivity index (χ1v) is 10.8. The van der Waals surface area contributed by atoms with Crippen molar-refractivity contribution in [2.45, 2.75) is 6.54 Å². The van der Waals surface area contributed by atoms with Crippen LogP contribution in [0, 0.1) is 11.3 Å². The number of rotatable bonds is 6. The van der Waals surface area contributed by atoms with Gasteiger partial charge in [0, 0.05) is 54.1 Å². The summed E-state index contributed by atoms with van der Waals surface area (Å²) in [5.41, 5.74) is 5.23. The van der Waals surface area contributed by atoms with Crippen LogP contribution in [0.4, 0.5) is 11.6 Å². The molecule has 9 heteroatoms. The van der Waals surface area contributed by atoms with Gasteiger partial charge in [-0.05, 0) is 35.9 Å². The van der Waals surface area contributed by atoms with Crippen LogP contribution in [-0.4, -0.2) is 29.5 Å². The summed E-state index contributed by atoms with van der Waals surface area (Å²) in [4.78, 5) is 21.3. The smallest absolute Gasteiger partial charge is 0.267 e. The summed E-state index contributed by atoms with van der Waals surface area (Å²) in [7, 11) is 1.86. The quantitative estimate of drug-likeness (QED) is 0.410. The van der Waals surface area contributed by atoms with E-state index in [1.165, 1.54) is 10.7 Å². The topological polar surface area (TPSA) is 114 Å². The molecule has 5 rings (SSSR count). The number of hydrogen-bond acceptors (Lipinski definition) is 7. The molecule has 0 unspecified atom stereocenters. The SMILES string of the molecule is Cn1cc(-c2cnc(Nc3cccc(Cn4nc(-c5cccc(C#N)c5)ccc4=O)c3)nc2)cn1. The van der Waals surface area contributed by atoms with E-state index in [4.69, 9.17) is 5.26 Å². The minimum atomic E-state index is -0.210. The molecule has 170 valence electrons. The molecule has 1 N–H and O–H groups in total. The number of aryl methyl sites for hydroxylation is 1. The van der Waals surface area contributed by atoms with E-state index in [0.29, 0.717) is 23.8 Å². The van der Waals surface area contributed by atoms with E-state index in [0.717, 1.165) is 27.9 Å². The van der Waals surface area contributed by atoms with Crippen LogP contribution >= 0.6 is 0 Å². The fraction of sp³-hybridized carbons (Fsp3) is 0.0769. The summed E-state index contributed by atoms with van der Waals surface area (Å²) >= 11 is 0. The van der Waals surface area contributed by atoms with Crippen molar-refractivity contribution in [3.8, 4) is 28.5 Å². The molecule has 0 aliphatic rings. The predicted molar refractivity (Wildman–Crippen MR) is 132 cm³/mol.